The van der Waals surface area contributed by atoms with Gasteiger partial charge in [0.1, 0.15) is 13.2 Å². The van der Waals surface area contributed by atoms with Crippen LogP contribution in [0.1, 0.15) is 324 Å². The first-order chi connectivity index (χ1) is 31.3. The average Bonchev–Trinajstić information content (AvgIpc) is 3.28. The van der Waals surface area contributed by atoms with Crippen molar-refractivity contribution in [2.45, 2.75) is 330 Å². The Kier molecular flexibility index (Phi) is 49.6. The van der Waals surface area contributed by atoms with Crippen LogP contribution in [0.4, 0.5) is 0 Å². The highest BCUT2D eigenvalue weighted by Gasteiger charge is 2.19. The number of carbonyl (C=O) groups excluding carboxylic acids is 3. The summed E-state index contributed by atoms with van der Waals surface area (Å²) in [6, 6.07) is 0. The first-order valence-corrected chi connectivity index (χ1v) is 28.8. The summed E-state index contributed by atoms with van der Waals surface area (Å²) in [5, 5.41) is 0. The monoisotopic (exact) mass is 905 g/mol. The van der Waals surface area contributed by atoms with Crippen molar-refractivity contribution in [3.63, 3.8) is 0 Å². The molecule has 0 saturated heterocycles. The largest absolute Gasteiger partial charge is 0.462 e. The van der Waals surface area contributed by atoms with Crippen molar-refractivity contribution < 1.29 is 28.6 Å². The highest BCUT2D eigenvalue weighted by atomic mass is 16.6. The molecule has 6 nitrogen and oxygen atoms in total. The minimum atomic E-state index is -0.763. The fourth-order valence-electron chi connectivity index (χ4n) is 8.84. The Labute approximate surface area is 399 Å². The first kappa shape index (κ1) is 62.4. The Morgan fingerprint density at radius 1 is 0.328 bits per heavy atom. The zero-order valence-electron chi connectivity index (χ0n) is 43.9. The van der Waals surface area contributed by atoms with E-state index in [0.29, 0.717) is 19.3 Å². The van der Waals surface area contributed by atoms with Gasteiger partial charge in [0, 0.05) is 19.3 Å². The van der Waals surface area contributed by atoms with Crippen molar-refractivity contribution >= 4 is 17.9 Å². The van der Waals surface area contributed by atoms with Crippen LogP contribution in [0.25, 0.3) is 0 Å². The van der Waals surface area contributed by atoms with E-state index in [2.05, 4.69) is 34.6 Å². The van der Waals surface area contributed by atoms with E-state index in [1.807, 2.05) is 0 Å². The van der Waals surface area contributed by atoms with Crippen LogP contribution in [0.3, 0.4) is 0 Å². The van der Waals surface area contributed by atoms with Crippen LogP contribution in [-0.4, -0.2) is 37.2 Å². The predicted octanol–water partition coefficient (Wildman–Crippen LogP) is 18.9. The molecule has 0 aromatic rings. The van der Waals surface area contributed by atoms with Gasteiger partial charge >= 0.3 is 17.9 Å². The summed E-state index contributed by atoms with van der Waals surface area (Å²) in [5.41, 5.74) is 0. The van der Waals surface area contributed by atoms with E-state index in [-0.39, 0.29) is 31.1 Å². The van der Waals surface area contributed by atoms with Crippen LogP contribution in [0.2, 0.25) is 0 Å². The van der Waals surface area contributed by atoms with Gasteiger partial charge in [-0.1, -0.05) is 285 Å². The van der Waals surface area contributed by atoms with Crippen LogP contribution in [0, 0.1) is 11.8 Å². The lowest BCUT2D eigenvalue weighted by Crippen LogP contribution is -2.30. The van der Waals surface area contributed by atoms with Crippen LogP contribution in [0.5, 0.6) is 0 Å². The molecule has 1 unspecified atom stereocenters. The van der Waals surface area contributed by atoms with E-state index in [0.717, 1.165) is 69.6 Å². The van der Waals surface area contributed by atoms with E-state index in [4.69, 9.17) is 14.2 Å². The quantitative estimate of drug-likeness (QED) is 0.0344. The number of esters is 3. The predicted molar refractivity (Wildman–Crippen MR) is 275 cm³/mol. The lowest BCUT2D eigenvalue weighted by molar-refractivity contribution is -0.167. The fraction of sp³-hybridized carbons (Fsp3) is 0.948. The van der Waals surface area contributed by atoms with Gasteiger partial charge in [0.25, 0.3) is 0 Å². The minimum Gasteiger partial charge on any atom is -0.462 e. The van der Waals surface area contributed by atoms with Crippen molar-refractivity contribution in [3.05, 3.63) is 0 Å². The zero-order chi connectivity index (χ0) is 46.8. The van der Waals surface area contributed by atoms with E-state index in [1.54, 1.807) is 0 Å². The molecule has 0 aliphatic carbocycles. The van der Waals surface area contributed by atoms with Crippen LogP contribution >= 0.6 is 0 Å². The van der Waals surface area contributed by atoms with Gasteiger partial charge in [-0.2, -0.15) is 0 Å². The maximum atomic E-state index is 12.8. The van der Waals surface area contributed by atoms with E-state index < -0.39 is 6.10 Å². The van der Waals surface area contributed by atoms with Gasteiger partial charge in [-0.25, -0.2) is 0 Å². The molecule has 0 amide bonds. The lowest BCUT2D eigenvalue weighted by atomic mass is 9.99. The summed E-state index contributed by atoms with van der Waals surface area (Å²) in [7, 11) is 0. The van der Waals surface area contributed by atoms with Gasteiger partial charge in [-0.05, 0) is 31.1 Å². The van der Waals surface area contributed by atoms with Crippen LogP contribution in [0.15, 0.2) is 0 Å². The van der Waals surface area contributed by atoms with Crippen molar-refractivity contribution in [2.24, 2.45) is 11.8 Å². The molecule has 0 aromatic carbocycles. The highest BCUT2D eigenvalue weighted by molar-refractivity contribution is 5.71. The molecule has 0 fully saturated rings. The number of carbonyl (C=O) groups is 3. The molecule has 2 atom stereocenters. The molecule has 0 aromatic heterocycles. The van der Waals surface area contributed by atoms with Crippen molar-refractivity contribution in [3.8, 4) is 0 Å². The molecule has 0 heterocycles. The standard InChI is InChI=1S/C58H112O6/c1-6-8-9-10-11-12-13-14-17-22-25-28-35-40-45-50-58(61)64-55(52-63-57(60)49-44-39-34-30-29-32-37-42-47-54(5)7-2)51-62-56(59)48-43-38-33-27-24-21-19-16-15-18-20-23-26-31-36-41-46-53(3)4/h53-55H,6-52H2,1-5H3/t54?,55-/m0/s1. The molecule has 0 aliphatic rings. The Morgan fingerprint density at radius 3 is 0.891 bits per heavy atom. The van der Waals surface area contributed by atoms with Gasteiger partial charge < -0.3 is 14.2 Å². The van der Waals surface area contributed by atoms with E-state index in [9.17, 15) is 14.4 Å². The smallest absolute Gasteiger partial charge is 0.306 e. The molecule has 0 bridgehead atoms. The summed E-state index contributed by atoms with van der Waals surface area (Å²) in [4.78, 5) is 38.1. The second kappa shape index (κ2) is 50.8. The molecule has 0 rings (SSSR count). The van der Waals surface area contributed by atoms with Crippen LogP contribution in [-0.2, 0) is 28.6 Å². The number of unbranched alkanes of at least 4 members (excludes halogenated alkanes) is 36. The molecule has 0 radical (unpaired) electrons. The zero-order valence-corrected chi connectivity index (χ0v) is 43.9. The third-order valence-corrected chi connectivity index (χ3v) is 13.6. The van der Waals surface area contributed by atoms with Gasteiger partial charge in [0.05, 0.1) is 0 Å². The molecular weight excluding hydrogens is 793 g/mol. The Hall–Kier alpha value is -1.59. The molecular formula is C58H112O6. The summed E-state index contributed by atoms with van der Waals surface area (Å²) >= 11 is 0. The Bertz CT molecular complexity index is 980. The lowest BCUT2D eigenvalue weighted by Gasteiger charge is -2.18. The van der Waals surface area contributed by atoms with Gasteiger partial charge in [-0.15, -0.1) is 0 Å². The molecule has 0 aliphatic heterocycles. The van der Waals surface area contributed by atoms with Gasteiger partial charge in [0.15, 0.2) is 6.10 Å². The summed E-state index contributed by atoms with van der Waals surface area (Å²) in [5.74, 6) is 0.860. The maximum Gasteiger partial charge on any atom is 0.306 e. The van der Waals surface area contributed by atoms with Crippen molar-refractivity contribution in [1.29, 1.82) is 0 Å². The molecule has 0 spiro atoms. The Morgan fingerprint density at radius 2 is 0.594 bits per heavy atom. The maximum absolute atomic E-state index is 12.8. The molecule has 64 heavy (non-hydrogen) atoms. The second-order valence-corrected chi connectivity index (χ2v) is 20.6. The third-order valence-electron chi connectivity index (χ3n) is 13.6. The van der Waals surface area contributed by atoms with Gasteiger partial charge in [-0.3, -0.25) is 14.4 Å². The average molecular weight is 906 g/mol. The normalized spacial score (nSPS) is 12.5. The summed E-state index contributed by atoms with van der Waals surface area (Å²) < 4.78 is 16.9. The van der Waals surface area contributed by atoms with E-state index in [1.165, 1.54) is 212 Å². The highest BCUT2D eigenvalue weighted by Crippen LogP contribution is 2.18. The topological polar surface area (TPSA) is 78.9 Å². The summed E-state index contributed by atoms with van der Waals surface area (Å²) in [6.07, 6.45) is 53.7. The number of rotatable bonds is 52. The SMILES string of the molecule is CCCCCCCCCCCCCCCCCC(=O)O[C@@H](COC(=O)CCCCCCCCCCCCCCCCCCC(C)C)COC(=O)CCCCCCCCCCC(C)CC. The first-order valence-electron chi connectivity index (χ1n) is 28.8. The van der Waals surface area contributed by atoms with Crippen molar-refractivity contribution in [1.82, 2.24) is 0 Å². The second-order valence-electron chi connectivity index (χ2n) is 20.6. The van der Waals surface area contributed by atoms with E-state index >= 15 is 0 Å². The summed E-state index contributed by atoms with van der Waals surface area (Å²) in [6.45, 7) is 11.4. The molecule has 380 valence electrons. The Balaban J connectivity index is 4.27. The fourth-order valence-corrected chi connectivity index (χ4v) is 8.84. The van der Waals surface area contributed by atoms with Crippen LogP contribution < -0.4 is 0 Å². The van der Waals surface area contributed by atoms with Gasteiger partial charge in [0.2, 0.25) is 0 Å². The molecule has 6 heteroatoms. The van der Waals surface area contributed by atoms with Crippen molar-refractivity contribution in [2.75, 3.05) is 13.2 Å². The third kappa shape index (κ3) is 49.8. The molecule has 0 N–H and O–H groups in total. The number of ether oxygens (including phenoxy) is 3. The minimum absolute atomic E-state index is 0.0630. The number of hydrogen-bond acceptors (Lipinski definition) is 6. The number of hydrogen-bond donors (Lipinski definition) is 0. The molecule has 0 saturated carbocycles.